The van der Waals surface area contributed by atoms with Gasteiger partial charge in [0.1, 0.15) is 18.2 Å². The second-order valence-corrected chi connectivity index (χ2v) is 4.89. The van der Waals surface area contributed by atoms with Crippen LogP contribution in [0, 0.1) is 5.82 Å². The first-order valence-electron chi connectivity index (χ1n) is 5.75. The molecular formula is C14H12BrFN2O2. The van der Waals surface area contributed by atoms with E-state index < -0.39 is 0 Å². The quantitative estimate of drug-likeness (QED) is 0.389. The summed E-state index contributed by atoms with van der Waals surface area (Å²) in [5.74, 6) is 0.276. The summed E-state index contributed by atoms with van der Waals surface area (Å²) in [6.45, 7) is 0.278. The van der Waals surface area contributed by atoms with Gasteiger partial charge in [-0.25, -0.2) is 4.39 Å². The first-order chi connectivity index (χ1) is 9.60. The summed E-state index contributed by atoms with van der Waals surface area (Å²) in [5.41, 5.74) is 6.88. The number of rotatable bonds is 4. The monoisotopic (exact) mass is 338 g/mol. The van der Waals surface area contributed by atoms with Gasteiger partial charge in [-0.15, -0.1) is 0 Å². The van der Waals surface area contributed by atoms with Crippen LogP contribution in [0.25, 0.3) is 0 Å². The van der Waals surface area contributed by atoms with E-state index in [9.17, 15) is 4.39 Å². The lowest BCUT2D eigenvalue weighted by molar-refractivity contribution is 0.305. The lowest BCUT2D eigenvalue weighted by Gasteiger charge is -2.09. The third-order valence-electron chi connectivity index (χ3n) is 2.65. The molecule has 0 spiro atoms. The van der Waals surface area contributed by atoms with Crippen molar-refractivity contribution in [1.29, 1.82) is 0 Å². The van der Waals surface area contributed by atoms with Crippen molar-refractivity contribution in [1.82, 2.24) is 0 Å². The van der Waals surface area contributed by atoms with Crippen LogP contribution in [0.2, 0.25) is 0 Å². The van der Waals surface area contributed by atoms with E-state index in [4.69, 9.17) is 15.7 Å². The maximum Gasteiger partial charge on any atom is 0.170 e. The molecule has 0 bridgehead atoms. The van der Waals surface area contributed by atoms with Gasteiger partial charge in [0.2, 0.25) is 0 Å². The number of benzene rings is 2. The number of hydrogen-bond donors (Lipinski definition) is 2. The number of halogens is 2. The Bertz CT molecular complexity index is 647. The van der Waals surface area contributed by atoms with Gasteiger partial charge in [0.05, 0.1) is 0 Å². The Hall–Kier alpha value is -2.08. The first kappa shape index (κ1) is 14.3. The second kappa shape index (κ2) is 6.38. The van der Waals surface area contributed by atoms with Crippen LogP contribution in [0.5, 0.6) is 5.75 Å². The molecule has 104 valence electrons. The van der Waals surface area contributed by atoms with Gasteiger partial charge in [-0.05, 0) is 24.3 Å². The molecule has 2 aromatic rings. The Labute approximate surface area is 123 Å². The molecule has 0 aromatic heterocycles. The maximum atomic E-state index is 13.0. The van der Waals surface area contributed by atoms with Gasteiger partial charge < -0.3 is 15.7 Å². The Morgan fingerprint density at radius 2 is 2.10 bits per heavy atom. The molecule has 0 heterocycles. The number of amidine groups is 1. The molecule has 0 saturated heterocycles. The molecule has 0 amide bonds. The van der Waals surface area contributed by atoms with Crippen LogP contribution >= 0.6 is 15.9 Å². The molecule has 0 unspecified atom stereocenters. The van der Waals surface area contributed by atoms with E-state index in [0.29, 0.717) is 15.8 Å². The van der Waals surface area contributed by atoms with E-state index in [-0.39, 0.29) is 18.3 Å². The minimum atomic E-state index is -0.311. The lowest BCUT2D eigenvalue weighted by atomic mass is 10.2. The topological polar surface area (TPSA) is 67.8 Å². The molecule has 0 saturated carbocycles. The summed E-state index contributed by atoms with van der Waals surface area (Å²) in [5, 5.41) is 11.6. The average molecular weight is 339 g/mol. The highest BCUT2D eigenvalue weighted by Gasteiger charge is 2.04. The molecule has 0 atom stereocenters. The van der Waals surface area contributed by atoms with Gasteiger partial charge in [0.25, 0.3) is 0 Å². The van der Waals surface area contributed by atoms with Crippen LogP contribution in [0.1, 0.15) is 11.1 Å². The van der Waals surface area contributed by atoms with E-state index in [1.54, 1.807) is 30.3 Å². The lowest BCUT2D eigenvalue weighted by Crippen LogP contribution is -2.12. The highest BCUT2D eigenvalue weighted by Crippen LogP contribution is 2.21. The zero-order chi connectivity index (χ0) is 14.5. The second-order valence-electron chi connectivity index (χ2n) is 4.04. The van der Waals surface area contributed by atoms with E-state index in [2.05, 4.69) is 21.1 Å². The standard InChI is InChI=1S/C14H12BrFN2O2/c15-13-7-11(16)5-4-10(13)8-20-12-3-1-2-9(6-12)14(17)18-19/h1-7,19H,8H2,(H2,17,18). The predicted molar refractivity (Wildman–Crippen MR) is 77.4 cm³/mol. The molecule has 0 aliphatic heterocycles. The molecule has 0 radical (unpaired) electrons. The summed E-state index contributed by atoms with van der Waals surface area (Å²) in [7, 11) is 0. The summed E-state index contributed by atoms with van der Waals surface area (Å²) >= 11 is 3.28. The third kappa shape index (κ3) is 3.48. The summed E-state index contributed by atoms with van der Waals surface area (Å²) < 4.78 is 19.2. The minimum absolute atomic E-state index is 0.0124. The average Bonchev–Trinajstić information content (AvgIpc) is 2.46. The first-order valence-corrected chi connectivity index (χ1v) is 6.54. The molecule has 2 rings (SSSR count). The van der Waals surface area contributed by atoms with Crippen molar-refractivity contribution in [2.75, 3.05) is 0 Å². The Morgan fingerprint density at radius 1 is 1.30 bits per heavy atom. The Balaban J connectivity index is 2.11. The smallest absolute Gasteiger partial charge is 0.170 e. The molecule has 4 nitrogen and oxygen atoms in total. The fourth-order valence-corrected chi connectivity index (χ4v) is 2.07. The fraction of sp³-hybridized carbons (Fsp3) is 0.0714. The van der Waals surface area contributed by atoms with Gasteiger partial charge >= 0.3 is 0 Å². The van der Waals surface area contributed by atoms with Crippen LogP contribution in [0.4, 0.5) is 4.39 Å². The van der Waals surface area contributed by atoms with Crippen molar-refractivity contribution < 1.29 is 14.3 Å². The van der Waals surface area contributed by atoms with E-state index in [0.717, 1.165) is 5.56 Å². The van der Waals surface area contributed by atoms with E-state index in [1.807, 2.05) is 0 Å². The van der Waals surface area contributed by atoms with Crippen molar-refractivity contribution in [3.05, 3.63) is 63.9 Å². The normalized spacial score (nSPS) is 11.4. The molecule has 0 aliphatic rings. The number of nitrogens with zero attached hydrogens (tertiary/aromatic N) is 1. The Morgan fingerprint density at radius 3 is 2.80 bits per heavy atom. The van der Waals surface area contributed by atoms with Gasteiger partial charge in [0.15, 0.2) is 5.84 Å². The Kier molecular flexibility index (Phi) is 4.57. The molecule has 20 heavy (non-hydrogen) atoms. The van der Waals surface area contributed by atoms with Gasteiger partial charge in [-0.3, -0.25) is 0 Å². The van der Waals surface area contributed by atoms with Crippen molar-refractivity contribution in [3.8, 4) is 5.75 Å². The van der Waals surface area contributed by atoms with Crippen molar-refractivity contribution in [2.45, 2.75) is 6.61 Å². The highest BCUT2D eigenvalue weighted by molar-refractivity contribution is 9.10. The number of hydrogen-bond acceptors (Lipinski definition) is 3. The summed E-state index contributed by atoms with van der Waals surface area (Å²) in [6.07, 6.45) is 0. The fourth-order valence-electron chi connectivity index (χ4n) is 1.60. The van der Waals surface area contributed by atoms with Crippen molar-refractivity contribution in [3.63, 3.8) is 0 Å². The molecule has 2 aromatic carbocycles. The zero-order valence-electron chi connectivity index (χ0n) is 10.4. The number of nitrogens with two attached hydrogens (primary N) is 1. The summed E-state index contributed by atoms with van der Waals surface area (Å²) in [6, 6.07) is 11.3. The predicted octanol–water partition coefficient (Wildman–Crippen LogP) is 3.26. The van der Waals surface area contributed by atoms with Crippen LogP contribution < -0.4 is 10.5 Å². The van der Waals surface area contributed by atoms with E-state index in [1.165, 1.54) is 12.1 Å². The SMILES string of the molecule is N/C(=N\O)c1cccc(OCc2ccc(F)cc2Br)c1. The highest BCUT2D eigenvalue weighted by atomic mass is 79.9. The molecule has 6 heteroatoms. The zero-order valence-corrected chi connectivity index (χ0v) is 12.0. The largest absolute Gasteiger partial charge is 0.489 e. The molecule has 0 aliphatic carbocycles. The third-order valence-corrected chi connectivity index (χ3v) is 3.39. The van der Waals surface area contributed by atoms with Gasteiger partial charge in [-0.2, -0.15) is 0 Å². The molecular weight excluding hydrogens is 327 g/mol. The molecule has 3 N–H and O–H groups in total. The number of oxime groups is 1. The maximum absolute atomic E-state index is 13.0. The molecule has 0 fully saturated rings. The van der Waals surface area contributed by atoms with Gasteiger partial charge in [0, 0.05) is 15.6 Å². The van der Waals surface area contributed by atoms with Gasteiger partial charge in [-0.1, -0.05) is 39.3 Å². The van der Waals surface area contributed by atoms with E-state index >= 15 is 0 Å². The van der Waals surface area contributed by atoms with Crippen molar-refractivity contribution >= 4 is 21.8 Å². The van der Waals surface area contributed by atoms with Crippen LogP contribution in [0.3, 0.4) is 0 Å². The minimum Gasteiger partial charge on any atom is -0.489 e. The summed E-state index contributed by atoms with van der Waals surface area (Å²) in [4.78, 5) is 0. The number of ether oxygens (including phenoxy) is 1. The van der Waals surface area contributed by atoms with Crippen LogP contribution in [-0.2, 0) is 6.61 Å². The van der Waals surface area contributed by atoms with Crippen LogP contribution in [-0.4, -0.2) is 11.0 Å². The van der Waals surface area contributed by atoms with Crippen LogP contribution in [0.15, 0.2) is 52.1 Å². The van der Waals surface area contributed by atoms with Crippen molar-refractivity contribution in [2.24, 2.45) is 10.9 Å².